The Morgan fingerprint density at radius 1 is 1.25 bits per heavy atom. The number of carbonyl (C=O) groups is 2. The predicted octanol–water partition coefficient (Wildman–Crippen LogP) is 2.17. The lowest BCUT2D eigenvalue weighted by atomic mass is 10.2. The first-order valence-electron chi connectivity index (χ1n) is 7.58. The third kappa shape index (κ3) is 5.58. The van der Waals surface area contributed by atoms with E-state index in [4.69, 9.17) is 11.6 Å². The second-order valence-corrected chi connectivity index (χ2v) is 5.60. The van der Waals surface area contributed by atoms with Gasteiger partial charge in [-0.2, -0.15) is 0 Å². The third-order valence-electron chi connectivity index (χ3n) is 3.39. The molecule has 2 aromatic rings. The summed E-state index contributed by atoms with van der Waals surface area (Å²) in [5.74, 6) is -0.181. The minimum Gasteiger partial charge on any atom is -0.338 e. The van der Waals surface area contributed by atoms with Crippen LogP contribution in [0.3, 0.4) is 0 Å². The number of hydrogen-bond acceptors (Lipinski definition) is 3. The Morgan fingerprint density at radius 2 is 2.04 bits per heavy atom. The average molecular weight is 350 g/mol. The summed E-state index contributed by atoms with van der Waals surface area (Å²) in [6.07, 6.45) is 5.37. The van der Waals surface area contributed by atoms with Crippen LogP contribution in [0.4, 0.5) is 10.5 Å². The van der Waals surface area contributed by atoms with E-state index in [0.717, 1.165) is 5.56 Å². The van der Waals surface area contributed by atoms with E-state index in [9.17, 15) is 9.59 Å². The van der Waals surface area contributed by atoms with Crippen LogP contribution in [-0.2, 0) is 11.3 Å². The van der Waals surface area contributed by atoms with Crippen LogP contribution in [0, 0.1) is 6.92 Å². The minimum atomic E-state index is -0.304. The van der Waals surface area contributed by atoms with Crippen molar-refractivity contribution in [3.63, 3.8) is 0 Å². The molecule has 0 saturated carbocycles. The van der Waals surface area contributed by atoms with Crippen LogP contribution in [0.15, 0.2) is 36.9 Å². The number of nitrogens with one attached hydrogen (secondary N) is 3. The zero-order chi connectivity index (χ0) is 17.4. The van der Waals surface area contributed by atoms with Gasteiger partial charge < -0.3 is 20.5 Å². The maximum Gasteiger partial charge on any atom is 0.314 e. The summed E-state index contributed by atoms with van der Waals surface area (Å²) in [6.45, 7) is 3.21. The van der Waals surface area contributed by atoms with Gasteiger partial charge in [-0.15, -0.1) is 0 Å². The Labute approximate surface area is 145 Å². The molecule has 3 amide bonds. The molecule has 0 radical (unpaired) electrons. The molecule has 8 heteroatoms. The standard InChI is InChI=1S/C16H20ClN5O2/c1-12-13(17)3-2-4-14(12)21-15(23)5-6-19-16(24)20-8-10-22-9-7-18-11-22/h2-4,7,9,11H,5-6,8,10H2,1H3,(H,21,23)(H2,19,20,24). The van der Waals surface area contributed by atoms with Gasteiger partial charge in [0.15, 0.2) is 0 Å². The van der Waals surface area contributed by atoms with Crippen LogP contribution in [0.25, 0.3) is 0 Å². The van der Waals surface area contributed by atoms with E-state index in [2.05, 4.69) is 20.9 Å². The molecule has 0 fully saturated rings. The summed E-state index contributed by atoms with van der Waals surface area (Å²) >= 11 is 6.01. The Bertz CT molecular complexity index is 688. The van der Waals surface area contributed by atoms with Gasteiger partial charge in [-0.05, 0) is 24.6 Å². The molecule has 0 bridgehead atoms. The van der Waals surface area contributed by atoms with Crippen LogP contribution in [-0.4, -0.2) is 34.6 Å². The van der Waals surface area contributed by atoms with Gasteiger partial charge in [0.05, 0.1) is 6.33 Å². The highest BCUT2D eigenvalue weighted by atomic mass is 35.5. The van der Waals surface area contributed by atoms with E-state index >= 15 is 0 Å². The summed E-state index contributed by atoms with van der Waals surface area (Å²) in [6, 6.07) is 5.02. The van der Waals surface area contributed by atoms with E-state index in [0.29, 0.717) is 23.8 Å². The quantitative estimate of drug-likeness (QED) is 0.715. The molecule has 0 aliphatic heterocycles. The van der Waals surface area contributed by atoms with Gasteiger partial charge in [0.25, 0.3) is 0 Å². The number of nitrogens with zero attached hydrogens (tertiary/aromatic N) is 2. The summed E-state index contributed by atoms with van der Waals surface area (Å²) in [4.78, 5) is 27.4. The van der Waals surface area contributed by atoms with Crippen molar-refractivity contribution < 1.29 is 9.59 Å². The third-order valence-corrected chi connectivity index (χ3v) is 3.80. The van der Waals surface area contributed by atoms with Crippen molar-refractivity contribution in [1.29, 1.82) is 0 Å². The van der Waals surface area contributed by atoms with Crippen LogP contribution in [0.5, 0.6) is 0 Å². The van der Waals surface area contributed by atoms with E-state index in [1.54, 1.807) is 30.7 Å². The first kappa shape index (κ1) is 17.8. The van der Waals surface area contributed by atoms with Crippen LogP contribution in [0.2, 0.25) is 5.02 Å². The van der Waals surface area contributed by atoms with E-state index in [1.807, 2.05) is 17.7 Å². The normalized spacial score (nSPS) is 10.2. The Hall–Kier alpha value is -2.54. The second-order valence-electron chi connectivity index (χ2n) is 5.19. The molecule has 0 unspecified atom stereocenters. The van der Waals surface area contributed by atoms with Crippen LogP contribution < -0.4 is 16.0 Å². The lowest BCUT2D eigenvalue weighted by molar-refractivity contribution is -0.116. The average Bonchev–Trinajstić information content (AvgIpc) is 3.05. The van der Waals surface area contributed by atoms with Crippen molar-refractivity contribution in [2.24, 2.45) is 0 Å². The number of halogens is 1. The molecule has 2 rings (SSSR count). The minimum absolute atomic E-state index is 0.181. The van der Waals surface area contributed by atoms with Gasteiger partial charge in [0.1, 0.15) is 0 Å². The molecule has 7 nitrogen and oxygen atoms in total. The first-order valence-corrected chi connectivity index (χ1v) is 7.96. The van der Waals surface area contributed by atoms with Crippen molar-refractivity contribution in [2.45, 2.75) is 19.9 Å². The van der Waals surface area contributed by atoms with Crippen molar-refractivity contribution in [2.75, 3.05) is 18.4 Å². The van der Waals surface area contributed by atoms with E-state index < -0.39 is 0 Å². The molecule has 1 aromatic carbocycles. The molecule has 0 aliphatic rings. The maximum atomic E-state index is 11.9. The molecule has 128 valence electrons. The number of aromatic nitrogens is 2. The maximum absolute atomic E-state index is 11.9. The zero-order valence-electron chi connectivity index (χ0n) is 13.4. The van der Waals surface area contributed by atoms with Gasteiger partial charge in [-0.1, -0.05) is 17.7 Å². The number of hydrogen-bond donors (Lipinski definition) is 3. The lowest BCUT2D eigenvalue weighted by Crippen LogP contribution is -2.38. The molecule has 3 N–H and O–H groups in total. The summed E-state index contributed by atoms with van der Waals surface area (Å²) in [5, 5.41) is 8.74. The molecule has 0 spiro atoms. The number of amides is 3. The molecule has 1 aromatic heterocycles. The fourth-order valence-electron chi connectivity index (χ4n) is 2.03. The fourth-order valence-corrected chi connectivity index (χ4v) is 2.20. The highest BCUT2D eigenvalue weighted by Gasteiger charge is 2.07. The number of anilines is 1. The highest BCUT2D eigenvalue weighted by Crippen LogP contribution is 2.22. The summed E-state index contributed by atoms with van der Waals surface area (Å²) in [7, 11) is 0. The number of benzene rings is 1. The fraction of sp³-hybridized carbons (Fsp3) is 0.312. The van der Waals surface area contributed by atoms with Crippen LogP contribution in [0.1, 0.15) is 12.0 Å². The molecular weight excluding hydrogens is 330 g/mol. The molecule has 0 atom stereocenters. The molecule has 0 saturated heterocycles. The van der Waals surface area contributed by atoms with Gasteiger partial charge >= 0.3 is 6.03 Å². The van der Waals surface area contributed by atoms with Crippen molar-refractivity contribution >= 4 is 29.2 Å². The van der Waals surface area contributed by atoms with E-state index in [1.165, 1.54) is 0 Å². The summed E-state index contributed by atoms with van der Waals surface area (Å²) < 4.78 is 1.86. The smallest absolute Gasteiger partial charge is 0.314 e. The molecular formula is C16H20ClN5O2. The molecule has 0 aliphatic carbocycles. The monoisotopic (exact) mass is 349 g/mol. The molecule has 1 heterocycles. The number of imidazole rings is 1. The summed E-state index contributed by atoms with van der Waals surface area (Å²) in [5.41, 5.74) is 1.50. The zero-order valence-corrected chi connectivity index (χ0v) is 14.1. The largest absolute Gasteiger partial charge is 0.338 e. The molecule has 24 heavy (non-hydrogen) atoms. The topological polar surface area (TPSA) is 88.0 Å². The first-order chi connectivity index (χ1) is 11.6. The number of carbonyl (C=O) groups excluding carboxylic acids is 2. The van der Waals surface area contributed by atoms with Gasteiger partial charge in [0, 0.05) is 49.2 Å². The Kier molecular flexibility index (Phi) is 6.62. The lowest BCUT2D eigenvalue weighted by Gasteiger charge is -2.10. The van der Waals surface area contributed by atoms with Crippen molar-refractivity contribution in [3.8, 4) is 0 Å². The van der Waals surface area contributed by atoms with Gasteiger partial charge in [0.2, 0.25) is 5.91 Å². The van der Waals surface area contributed by atoms with Crippen molar-refractivity contribution in [3.05, 3.63) is 47.5 Å². The Morgan fingerprint density at radius 3 is 2.79 bits per heavy atom. The van der Waals surface area contributed by atoms with Gasteiger partial charge in [-0.25, -0.2) is 9.78 Å². The SMILES string of the molecule is Cc1c(Cl)cccc1NC(=O)CCNC(=O)NCCn1ccnc1. The van der Waals surface area contributed by atoms with Gasteiger partial charge in [-0.3, -0.25) is 4.79 Å². The number of rotatable bonds is 7. The Balaban J connectivity index is 1.63. The van der Waals surface area contributed by atoms with Crippen molar-refractivity contribution in [1.82, 2.24) is 20.2 Å². The number of urea groups is 1. The highest BCUT2D eigenvalue weighted by molar-refractivity contribution is 6.31. The second kappa shape index (κ2) is 8.93. The van der Waals surface area contributed by atoms with E-state index in [-0.39, 0.29) is 24.9 Å². The predicted molar refractivity (Wildman–Crippen MR) is 93.1 cm³/mol. The van der Waals surface area contributed by atoms with Crippen LogP contribution >= 0.6 is 11.6 Å².